The summed E-state index contributed by atoms with van der Waals surface area (Å²) in [4.78, 5) is 7.83. The maximum atomic E-state index is 5.30. The minimum absolute atomic E-state index is 0. The molecule has 4 nitrogen and oxygen atoms in total. The third-order valence-electron chi connectivity index (χ3n) is 1.72. The van der Waals surface area contributed by atoms with Crippen molar-refractivity contribution in [3.05, 3.63) is 49.1 Å². The third kappa shape index (κ3) is 3.78. The van der Waals surface area contributed by atoms with E-state index in [1.54, 1.807) is 36.9 Å². The molecule has 0 fully saturated rings. The summed E-state index contributed by atoms with van der Waals surface area (Å²) < 4.78 is 10.6. The lowest BCUT2D eigenvalue weighted by Gasteiger charge is -2.05. The summed E-state index contributed by atoms with van der Waals surface area (Å²) in [5.74, 6) is 1.36. The molecule has 2 rings (SSSR count). The van der Waals surface area contributed by atoms with Crippen molar-refractivity contribution in [2.75, 3.05) is 0 Å². The zero-order chi connectivity index (χ0) is 10.3. The Kier molecular flexibility index (Phi) is 5.15. The van der Waals surface area contributed by atoms with Crippen molar-refractivity contribution in [2.45, 2.75) is 0 Å². The van der Waals surface area contributed by atoms with Crippen LogP contribution >= 0.6 is 12.4 Å². The highest BCUT2D eigenvalue weighted by Gasteiger charge is 1.98. The second kappa shape index (κ2) is 6.69. The molecule has 2 aromatic heterocycles. The molecule has 0 aromatic carbocycles. The summed E-state index contributed by atoms with van der Waals surface area (Å²) in [6.07, 6.45) is 6.64. The van der Waals surface area contributed by atoms with Gasteiger partial charge in [-0.05, 0) is 24.3 Å². The first-order valence-corrected chi connectivity index (χ1v) is 4.51. The lowest BCUT2D eigenvalue weighted by Crippen LogP contribution is -2.10. The summed E-state index contributed by atoms with van der Waals surface area (Å²) in [6, 6.07) is 7.25. The van der Waals surface area contributed by atoms with Crippen LogP contribution in [0, 0.1) is 0 Å². The summed E-state index contributed by atoms with van der Waals surface area (Å²) in [5.41, 5.74) is 0. The van der Waals surface area contributed by atoms with Gasteiger partial charge in [0.25, 0.3) is 0 Å². The molecule has 0 aliphatic heterocycles. The van der Waals surface area contributed by atoms with Crippen molar-refractivity contribution in [1.29, 1.82) is 0 Å². The number of pyridine rings is 2. The van der Waals surface area contributed by atoms with E-state index in [2.05, 4.69) is 9.97 Å². The van der Waals surface area contributed by atoms with E-state index in [1.807, 2.05) is 12.1 Å². The summed E-state index contributed by atoms with van der Waals surface area (Å²) in [6.45, 7) is 0. The van der Waals surface area contributed by atoms with Gasteiger partial charge in [-0.1, -0.05) is 0 Å². The topological polar surface area (TPSA) is 44.2 Å². The van der Waals surface area contributed by atoms with E-state index in [0.29, 0.717) is 11.5 Å². The van der Waals surface area contributed by atoms with E-state index in [0.717, 1.165) is 0 Å². The molecule has 0 N–H and O–H groups in total. The van der Waals surface area contributed by atoms with E-state index in [1.165, 1.54) is 0 Å². The van der Waals surface area contributed by atoms with Gasteiger partial charge in [0.05, 0.1) is 12.4 Å². The molecule has 16 heavy (non-hydrogen) atoms. The quantitative estimate of drug-likeness (QED) is 0.757. The molecule has 0 amide bonds. The molecule has 0 radical (unpaired) electrons. The van der Waals surface area contributed by atoms with Crippen molar-refractivity contribution >= 4 is 20.1 Å². The number of hydrogen-bond acceptors (Lipinski definition) is 4. The minimum Gasteiger partial charge on any atom is -0.527 e. The molecule has 0 aliphatic carbocycles. The minimum atomic E-state index is 0. The van der Waals surface area contributed by atoms with Crippen LogP contribution in [0.2, 0.25) is 0 Å². The molecule has 0 bridgehead atoms. The standard InChI is InChI=1S/C10H9BN2O2.ClH/c1-3-9(7-12-5-1)14-11-15-10-4-2-6-13-8-10;/h1-8,11H;1H. The van der Waals surface area contributed by atoms with Crippen molar-refractivity contribution in [3.63, 3.8) is 0 Å². The molecule has 2 heterocycles. The first-order chi connectivity index (χ1) is 7.45. The lowest BCUT2D eigenvalue weighted by atomic mass is 10.3. The molecule has 0 atom stereocenters. The Morgan fingerprint density at radius 3 is 1.75 bits per heavy atom. The first-order valence-electron chi connectivity index (χ1n) is 4.51. The second-order valence-electron chi connectivity index (χ2n) is 2.78. The Balaban J connectivity index is 0.00000128. The maximum absolute atomic E-state index is 5.30. The highest BCUT2D eigenvalue weighted by Crippen LogP contribution is 2.08. The zero-order valence-electron chi connectivity index (χ0n) is 8.45. The molecular formula is C10H10BClN2O2. The Morgan fingerprint density at radius 1 is 0.875 bits per heavy atom. The van der Waals surface area contributed by atoms with Crippen LogP contribution in [-0.4, -0.2) is 17.7 Å². The monoisotopic (exact) mass is 236 g/mol. The summed E-state index contributed by atoms with van der Waals surface area (Å²) in [5, 5.41) is 0. The number of aromatic nitrogens is 2. The SMILES string of the molecule is B(Oc1cccnc1)Oc1cccnc1.Cl. The predicted octanol–water partition coefficient (Wildman–Crippen LogP) is 1.62. The van der Waals surface area contributed by atoms with Gasteiger partial charge in [-0.3, -0.25) is 9.97 Å². The van der Waals surface area contributed by atoms with Crippen LogP contribution in [0.4, 0.5) is 0 Å². The van der Waals surface area contributed by atoms with Gasteiger partial charge >= 0.3 is 7.69 Å². The van der Waals surface area contributed by atoms with Gasteiger partial charge in [-0.25, -0.2) is 0 Å². The largest absolute Gasteiger partial charge is 0.576 e. The number of hydrogen-bond donors (Lipinski definition) is 0. The molecule has 0 saturated heterocycles. The van der Waals surface area contributed by atoms with Gasteiger partial charge in [0.2, 0.25) is 0 Å². The molecular weight excluding hydrogens is 226 g/mol. The number of nitrogens with zero attached hydrogens (tertiary/aromatic N) is 2. The average Bonchev–Trinajstić information content (AvgIpc) is 2.32. The zero-order valence-corrected chi connectivity index (χ0v) is 9.26. The predicted molar refractivity (Wildman–Crippen MR) is 64.1 cm³/mol. The van der Waals surface area contributed by atoms with Crippen LogP contribution in [0.15, 0.2) is 49.1 Å². The first kappa shape index (κ1) is 12.3. The van der Waals surface area contributed by atoms with E-state index in [9.17, 15) is 0 Å². The highest BCUT2D eigenvalue weighted by molar-refractivity contribution is 6.20. The average molecular weight is 236 g/mol. The maximum Gasteiger partial charge on any atom is 0.576 e. The van der Waals surface area contributed by atoms with E-state index < -0.39 is 0 Å². The third-order valence-corrected chi connectivity index (χ3v) is 1.72. The fraction of sp³-hybridized carbons (Fsp3) is 0. The molecule has 82 valence electrons. The lowest BCUT2D eigenvalue weighted by molar-refractivity contribution is 0.456. The van der Waals surface area contributed by atoms with Gasteiger partial charge < -0.3 is 9.31 Å². The van der Waals surface area contributed by atoms with E-state index in [4.69, 9.17) is 9.31 Å². The Bertz CT molecular complexity index is 363. The summed E-state index contributed by atoms with van der Waals surface area (Å²) >= 11 is 0. The highest BCUT2D eigenvalue weighted by atomic mass is 35.5. The van der Waals surface area contributed by atoms with Gasteiger partial charge in [-0.15, -0.1) is 12.4 Å². The molecule has 0 aliphatic rings. The summed E-state index contributed by atoms with van der Waals surface area (Å²) in [7, 11) is 0.150. The normalized spacial score (nSPS) is 8.75. The molecule has 0 unspecified atom stereocenters. The smallest absolute Gasteiger partial charge is 0.527 e. The fourth-order valence-corrected chi connectivity index (χ4v) is 1.03. The fourth-order valence-electron chi connectivity index (χ4n) is 1.03. The van der Waals surface area contributed by atoms with Gasteiger partial charge in [-0.2, -0.15) is 0 Å². The van der Waals surface area contributed by atoms with Gasteiger partial charge in [0.15, 0.2) is 0 Å². The number of rotatable bonds is 4. The Morgan fingerprint density at radius 2 is 1.38 bits per heavy atom. The second-order valence-corrected chi connectivity index (χ2v) is 2.78. The Hall–Kier alpha value is -1.75. The van der Waals surface area contributed by atoms with Crippen molar-refractivity contribution in [1.82, 2.24) is 9.97 Å². The molecule has 2 aromatic rings. The van der Waals surface area contributed by atoms with Crippen molar-refractivity contribution in [3.8, 4) is 11.5 Å². The number of halogens is 1. The van der Waals surface area contributed by atoms with Crippen molar-refractivity contribution < 1.29 is 9.31 Å². The molecule has 0 spiro atoms. The van der Waals surface area contributed by atoms with Crippen LogP contribution in [0.3, 0.4) is 0 Å². The van der Waals surface area contributed by atoms with Crippen LogP contribution in [-0.2, 0) is 0 Å². The van der Waals surface area contributed by atoms with Crippen LogP contribution in [0.5, 0.6) is 11.5 Å². The van der Waals surface area contributed by atoms with Gasteiger partial charge in [0, 0.05) is 12.4 Å². The van der Waals surface area contributed by atoms with Crippen molar-refractivity contribution in [2.24, 2.45) is 0 Å². The van der Waals surface area contributed by atoms with E-state index >= 15 is 0 Å². The Labute approximate surface area is 100 Å². The molecule has 0 saturated carbocycles. The van der Waals surface area contributed by atoms with Crippen LogP contribution in [0.1, 0.15) is 0 Å². The van der Waals surface area contributed by atoms with Crippen LogP contribution in [0.25, 0.3) is 0 Å². The van der Waals surface area contributed by atoms with E-state index in [-0.39, 0.29) is 20.1 Å². The molecule has 6 heteroatoms. The van der Waals surface area contributed by atoms with Crippen LogP contribution < -0.4 is 9.31 Å². The van der Waals surface area contributed by atoms with Gasteiger partial charge in [0.1, 0.15) is 11.5 Å².